The fraction of sp³-hybridized carbons (Fsp3) is 0.591. The van der Waals surface area contributed by atoms with E-state index in [1.54, 1.807) is 12.1 Å². The first-order valence-corrected chi connectivity index (χ1v) is 9.82. The molecular formula is C22H28F2O2. The lowest BCUT2D eigenvalue weighted by atomic mass is 9.69. The highest BCUT2D eigenvalue weighted by molar-refractivity contribution is 5.71. The Bertz CT molecular complexity index is 627. The summed E-state index contributed by atoms with van der Waals surface area (Å²) in [5.74, 6) is 0.0756. The maximum Gasteiger partial charge on any atom is 0.309 e. The molecule has 142 valence electrons. The van der Waals surface area contributed by atoms with Gasteiger partial charge >= 0.3 is 5.97 Å². The number of ether oxygens (including phenoxy) is 1. The van der Waals surface area contributed by atoms with Gasteiger partial charge in [0.2, 0.25) is 0 Å². The van der Waals surface area contributed by atoms with E-state index in [1.165, 1.54) is 12.1 Å². The summed E-state index contributed by atoms with van der Waals surface area (Å²) >= 11 is 0. The first-order valence-electron chi connectivity index (χ1n) is 9.82. The van der Waals surface area contributed by atoms with Gasteiger partial charge in [-0.15, -0.1) is 6.58 Å². The molecule has 0 unspecified atom stereocenters. The van der Waals surface area contributed by atoms with E-state index in [4.69, 9.17) is 4.74 Å². The van der Waals surface area contributed by atoms with Crippen LogP contribution in [-0.2, 0) is 9.53 Å². The lowest BCUT2D eigenvalue weighted by Crippen LogP contribution is -2.29. The molecule has 0 atom stereocenters. The Balaban J connectivity index is 1.45. The van der Waals surface area contributed by atoms with E-state index in [1.807, 2.05) is 0 Å². The first kappa shape index (κ1) is 19.1. The summed E-state index contributed by atoms with van der Waals surface area (Å²) in [6.07, 6.45) is 10.5. The molecule has 0 N–H and O–H groups in total. The summed E-state index contributed by atoms with van der Waals surface area (Å²) in [5.41, 5.74) is 0.931. The number of carbonyl (C=O) groups is 1. The van der Waals surface area contributed by atoms with Crippen LogP contribution in [-0.4, -0.2) is 12.1 Å². The molecule has 2 aliphatic rings. The van der Waals surface area contributed by atoms with Gasteiger partial charge in [-0.05, 0) is 86.8 Å². The lowest BCUT2D eigenvalue weighted by Gasteiger charge is -2.37. The average molecular weight is 362 g/mol. The third kappa shape index (κ3) is 4.72. The molecule has 2 fully saturated rings. The van der Waals surface area contributed by atoms with E-state index in [0.29, 0.717) is 17.8 Å². The molecular weight excluding hydrogens is 334 g/mol. The molecule has 2 nitrogen and oxygen atoms in total. The summed E-state index contributed by atoms with van der Waals surface area (Å²) in [4.78, 5) is 11.6. The quantitative estimate of drug-likeness (QED) is 0.480. The molecule has 0 spiro atoms. The number of benzene rings is 1. The third-order valence-corrected chi connectivity index (χ3v) is 6.18. The summed E-state index contributed by atoms with van der Waals surface area (Å²) in [7, 11) is 0. The molecule has 2 saturated carbocycles. The molecule has 2 aliphatic carbocycles. The van der Waals surface area contributed by atoms with Crippen molar-refractivity contribution in [3.8, 4) is 0 Å². The maximum atomic E-state index is 13.5. The molecule has 0 aromatic heterocycles. The van der Waals surface area contributed by atoms with Crippen LogP contribution >= 0.6 is 0 Å². The van der Waals surface area contributed by atoms with Gasteiger partial charge in [-0.25, -0.2) is 8.78 Å². The third-order valence-electron chi connectivity index (χ3n) is 6.18. The van der Waals surface area contributed by atoms with Crippen molar-refractivity contribution in [1.82, 2.24) is 0 Å². The van der Waals surface area contributed by atoms with E-state index in [0.717, 1.165) is 56.9 Å². The minimum atomic E-state index is -0.770. The van der Waals surface area contributed by atoms with Crippen LogP contribution in [0.25, 0.3) is 0 Å². The van der Waals surface area contributed by atoms with Crippen molar-refractivity contribution in [2.45, 2.75) is 69.8 Å². The topological polar surface area (TPSA) is 26.3 Å². The monoisotopic (exact) mass is 362 g/mol. The van der Waals surface area contributed by atoms with Crippen LogP contribution in [0.5, 0.6) is 0 Å². The SMILES string of the molecule is C=CCC(=O)OC1CCC([C@H]2CC[C@H](c3ccc(F)c(F)c3)CC2)CC1. The van der Waals surface area contributed by atoms with Crippen LogP contribution in [0, 0.1) is 23.5 Å². The summed E-state index contributed by atoms with van der Waals surface area (Å²) < 4.78 is 32.1. The molecule has 1 aromatic carbocycles. The molecule has 1 aromatic rings. The zero-order valence-corrected chi connectivity index (χ0v) is 15.3. The number of esters is 1. The van der Waals surface area contributed by atoms with E-state index in [-0.39, 0.29) is 18.5 Å². The highest BCUT2D eigenvalue weighted by Crippen LogP contribution is 2.43. The Morgan fingerprint density at radius 3 is 2.19 bits per heavy atom. The minimum Gasteiger partial charge on any atom is -0.462 e. The summed E-state index contributed by atoms with van der Waals surface area (Å²) in [5, 5.41) is 0. The zero-order chi connectivity index (χ0) is 18.5. The summed E-state index contributed by atoms with van der Waals surface area (Å²) in [6.45, 7) is 3.56. The highest BCUT2D eigenvalue weighted by Gasteiger charge is 2.32. The fourth-order valence-corrected chi connectivity index (χ4v) is 4.72. The van der Waals surface area contributed by atoms with Gasteiger partial charge in [0.25, 0.3) is 0 Å². The molecule has 3 rings (SSSR count). The Hall–Kier alpha value is -1.71. The van der Waals surface area contributed by atoms with Gasteiger partial charge in [-0.2, -0.15) is 0 Å². The van der Waals surface area contributed by atoms with E-state index in [2.05, 4.69) is 6.58 Å². The van der Waals surface area contributed by atoms with Crippen molar-refractivity contribution >= 4 is 5.97 Å². The second-order valence-electron chi connectivity index (χ2n) is 7.80. The number of hydrogen-bond acceptors (Lipinski definition) is 2. The number of hydrogen-bond donors (Lipinski definition) is 0. The van der Waals surface area contributed by atoms with E-state index >= 15 is 0 Å². The van der Waals surface area contributed by atoms with Gasteiger partial charge in [-0.3, -0.25) is 4.79 Å². The molecule has 0 heterocycles. The van der Waals surface area contributed by atoms with Crippen LogP contribution in [0.4, 0.5) is 8.78 Å². The maximum absolute atomic E-state index is 13.5. The van der Waals surface area contributed by atoms with Crippen molar-refractivity contribution < 1.29 is 18.3 Å². The van der Waals surface area contributed by atoms with Crippen molar-refractivity contribution in [3.63, 3.8) is 0 Å². The van der Waals surface area contributed by atoms with Gasteiger partial charge < -0.3 is 4.74 Å². The Morgan fingerprint density at radius 2 is 1.62 bits per heavy atom. The van der Waals surface area contributed by atoms with Gasteiger partial charge in [-0.1, -0.05) is 12.1 Å². The largest absolute Gasteiger partial charge is 0.462 e. The minimum absolute atomic E-state index is 0.0669. The highest BCUT2D eigenvalue weighted by atomic mass is 19.2. The van der Waals surface area contributed by atoms with Crippen molar-refractivity contribution in [3.05, 3.63) is 48.1 Å². The second-order valence-corrected chi connectivity index (χ2v) is 7.80. The molecule has 0 saturated heterocycles. The first-order chi connectivity index (χ1) is 12.6. The Morgan fingerprint density at radius 1 is 1.00 bits per heavy atom. The van der Waals surface area contributed by atoms with Crippen LogP contribution in [0.2, 0.25) is 0 Å². The predicted octanol–water partition coefficient (Wildman–Crippen LogP) is 5.92. The van der Waals surface area contributed by atoms with Crippen molar-refractivity contribution in [2.24, 2.45) is 11.8 Å². The molecule has 4 heteroatoms. The molecule has 0 amide bonds. The Kier molecular flexibility index (Phi) is 6.44. The van der Waals surface area contributed by atoms with Gasteiger partial charge in [0.05, 0.1) is 6.42 Å². The van der Waals surface area contributed by atoms with Gasteiger partial charge in [0, 0.05) is 0 Å². The molecule has 26 heavy (non-hydrogen) atoms. The van der Waals surface area contributed by atoms with Gasteiger partial charge in [0.15, 0.2) is 11.6 Å². The predicted molar refractivity (Wildman–Crippen MR) is 97.7 cm³/mol. The average Bonchev–Trinajstić information content (AvgIpc) is 2.65. The fourth-order valence-electron chi connectivity index (χ4n) is 4.72. The van der Waals surface area contributed by atoms with Crippen LogP contribution in [0.3, 0.4) is 0 Å². The number of halogens is 2. The van der Waals surface area contributed by atoms with Crippen LogP contribution in [0.1, 0.15) is 69.3 Å². The van der Waals surface area contributed by atoms with E-state index < -0.39 is 11.6 Å². The van der Waals surface area contributed by atoms with Gasteiger partial charge in [0.1, 0.15) is 6.10 Å². The van der Waals surface area contributed by atoms with Crippen molar-refractivity contribution in [2.75, 3.05) is 0 Å². The lowest BCUT2D eigenvalue weighted by molar-refractivity contribution is -0.150. The van der Waals surface area contributed by atoms with Crippen LogP contribution < -0.4 is 0 Å². The number of rotatable bonds is 5. The van der Waals surface area contributed by atoms with E-state index in [9.17, 15) is 13.6 Å². The van der Waals surface area contributed by atoms with Crippen LogP contribution in [0.15, 0.2) is 30.9 Å². The molecule has 0 aliphatic heterocycles. The smallest absolute Gasteiger partial charge is 0.309 e. The summed E-state index contributed by atoms with van der Waals surface area (Å²) in [6, 6.07) is 4.33. The zero-order valence-electron chi connectivity index (χ0n) is 15.3. The number of carbonyl (C=O) groups excluding carboxylic acids is 1. The normalized spacial score (nSPS) is 29.2. The molecule has 0 bridgehead atoms. The standard InChI is InChI=1S/C22H28F2O2/c1-2-3-22(25)26-19-11-8-16(9-12-19)15-4-6-17(7-5-15)18-10-13-20(23)21(24)14-18/h2,10,13-17,19H,1,3-9,11-12H2/t15-,16?,17-,19?. The van der Waals surface area contributed by atoms with Crippen molar-refractivity contribution in [1.29, 1.82) is 0 Å². The second kappa shape index (κ2) is 8.79. The molecule has 0 radical (unpaired) electrons. The Labute approximate surface area is 154 Å².